The number of halogens is 1. The first-order chi connectivity index (χ1) is 8.49. The Morgan fingerprint density at radius 2 is 2.06 bits per heavy atom. The molecule has 2 aromatic rings. The predicted octanol–water partition coefficient (Wildman–Crippen LogP) is 1.78. The van der Waals surface area contributed by atoms with E-state index in [1.807, 2.05) is 0 Å². The summed E-state index contributed by atoms with van der Waals surface area (Å²) < 4.78 is 0. The second-order valence-electron chi connectivity index (χ2n) is 3.62. The van der Waals surface area contributed by atoms with Crippen molar-refractivity contribution in [3.63, 3.8) is 0 Å². The van der Waals surface area contributed by atoms with Gasteiger partial charge in [-0.3, -0.25) is 0 Å². The first kappa shape index (κ1) is 12.3. The number of carboxylic acid groups (broad SMARTS) is 1. The van der Waals surface area contributed by atoms with Crippen LogP contribution in [0.25, 0.3) is 11.4 Å². The standard InChI is InChI=1S/C11H9ClN4O2/c1-5-2-3-7(16-15-5)8-4-6(13)9(12)10(14-8)11(17)18/h2-4H,1H3,(H2,13,14)(H,17,18). The minimum Gasteiger partial charge on any atom is -0.476 e. The molecule has 6 nitrogen and oxygen atoms in total. The second-order valence-corrected chi connectivity index (χ2v) is 4.00. The van der Waals surface area contributed by atoms with E-state index in [4.69, 9.17) is 22.4 Å². The Morgan fingerprint density at radius 3 is 2.61 bits per heavy atom. The van der Waals surface area contributed by atoms with Gasteiger partial charge in [-0.1, -0.05) is 11.6 Å². The van der Waals surface area contributed by atoms with Crippen LogP contribution in [0.2, 0.25) is 5.02 Å². The summed E-state index contributed by atoms with van der Waals surface area (Å²) in [5.74, 6) is -1.24. The lowest BCUT2D eigenvalue weighted by Gasteiger charge is -2.06. The van der Waals surface area contributed by atoms with Crippen molar-refractivity contribution in [3.05, 3.63) is 34.6 Å². The summed E-state index contributed by atoms with van der Waals surface area (Å²) in [6.45, 7) is 1.79. The van der Waals surface area contributed by atoms with Gasteiger partial charge >= 0.3 is 5.97 Å². The van der Waals surface area contributed by atoms with Crippen LogP contribution in [-0.2, 0) is 0 Å². The Kier molecular flexibility index (Phi) is 3.12. The summed E-state index contributed by atoms with van der Waals surface area (Å²) in [5, 5.41) is 16.7. The minimum absolute atomic E-state index is 0.0775. The summed E-state index contributed by atoms with van der Waals surface area (Å²) in [5.41, 5.74) is 6.99. The zero-order valence-corrected chi connectivity index (χ0v) is 10.1. The number of carbonyl (C=O) groups is 1. The molecule has 0 fully saturated rings. The molecule has 0 atom stereocenters. The van der Waals surface area contributed by atoms with Crippen molar-refractivity contribution in [3.8, 4) is 11.4 Å². The molecule has 0 aliphatic carbocycles. The van der Waals surface area contributed by atoms with E-state index >= 15 is 0 Å². The van der Waals surface area contributed by atoms with Crippen LogP contribution in [0.15, 0.2) is 18.2 Å². The molecular weight excluding hydrogens is 256 g/mol. The zero-order chi connectivity index (χ0) is 13.3. The molecule has 0 bridgehead atoms. The average Bonchev–Trinajstić information content (AvgIpc) is 2.33. The molecule has 92 valence electrons. The number of anilines is 1. The van der Waals surface area contributed by atoms with Crippen LogP contribution in [0.3, 0.4) is 0 Å². The Labute approximate surface area is 107 Å². The number of aryl methyl sites for hydroxylation is 1. The average molecular weight is 265 g/mol. The first-order valence-corrected chi connectivity index (χ1v) is 5.37. The van der Waals surface area contributed by atoms with E-state index in [0.29, 0.717) is 11.4 Å². The van der Waals surface area contributed by atoms with Crippen LogP contribution in [0.5, 0.6) is 0 Å². The molecule has 7 heteroatoms. The SMILES string of the molecule is Cc1ccc(-c2cc(N)c(Cl)c(C(=O)O)n2)nn1. The number of hydrogen-bond acceptors (Lipinski definition) is 5. The Bertz CT molecular complexity index is 613. The maximum atomic E-state index is 11.0. The number of carboxylic acids is 1. The van der Waals surface area contributed by atoms with E-state index in [1.165, 1.54) is 6.07 Å². The summed E-state index contributed by atoms with van der Waals surface area (Å²) in [4.78, 5) is 14.9. The highest BCUT2D eigenvalue weighted by Gasteiger charge is 2.16. The lowest BCUT2D eigenvalue weighted by molar-refractivity contribution is 0.0691. The van der Waals surface area contributed by atoms with Gasteiger partial charge < -0.3 is 10.8 Å². The van der Waals surface area contributed by atoms with E-state index in [9.17, 15) is 4.79 Å². The van der Waals surface area contributed by atoms with Crippen LogP contribution in [0.4, 0.5) is 5.69 Å². The maximum absolute atomic E-state index is 11.0. The number of nitrogens with zero attached hydrogens (tertiary/aromatic N) is 3. The Morgan fingerprint density at radius 1 is 1.33 bits per heavy atom. The molecule has 2 rings (SSSR count). The highest BCUT2D eigenvalue weighted by Crippen LogP contribution is 2.26. The number of hydrogen-bond donors (Lipinski definition) is 2. The number of rotatable bonds is 2. The maximum Gasteiger partial charge on any atom is 0.356 e. The van der Waals surface area contributed by atoms with Crippen molar-refractivity contribution in [2.75, 3.05) is 5.73 Å². The summed E-state index contributed by atoms with van der Waals surface area (Å²) in [7, 11) is 0. The van der Waals surface area contributed by atoms with Crippen molar-refractivity contribution in [2.24, 2.45) is 0 Å². The molecule has 3 N–H and O–H groups in total. The molecule has 0 aromatic carbocycles. The molecule has 0 radical (unpaired) electrons. The van der Waals surface area contributed by atoms with Gasteiger partial charge in [0.15, 0.2) is 5.69 Å². The van der Waals surface area contributed by atoms with Gasteiger partial charge in [0.1, 0.15) is 5.69 Å². The van der Waals surface area contributed by atoms with Gasteiger partial charge in [-0.25, -0.2) is 9.78 Å². The molecule has 0 aliphatic rings. The zero-order valence-electron chi connectivity index (χ0n) is 9.38. The summed E-state index contributed by atoms with van der Waals surface area (Å²) in [6, 6.07) is 4.90. The molecule has 18 heavy (non-hydrogen) atoms. The van der Waals surface area contributed by atoms with E-state index in [2.05, 4.69) is 15.2 Å². The monoisotopic (exact) mass is 264 g/mol. The number of pyridine rings is 1. The lowest BCUT2D eigenvalue weighted by Crippen LogP contribution is -2.06. The van der Waals surface area contributed by atoms with E-state index in [-0.39, 0.29) is 16.4 Å². The van der Waals surface area contributed by atoms with Crippen LogP contribution >= 0.6 is 11.6 Å². The van der Waals surface area contributed by atoms with Crippen molar-refractivity contribution in [1.29, 1.82) is 0 Å². The lowest BCUT2D eigenvalue weighted by atomic mass is 10.2. The third-order valence-corrected chi connectivity index (χ3v) is 2.65. The highest BCUT2D eigenvalue weighted by atomic mass is 35.5. The molecule has 0 amide bonds. The van der Waals surface area contributed by atoms with Gasteiger partial charge in [0.2, 0.25) is 0 Å². The fourth-order valence-corrected chi connectivity index (χ4v) is 1.54. The molecule has 2 heterocycles. The van der Waals surface area contributed by atoms with Crippen molar-refractivity contribution in [2.45, 2.75) is 6.92 Å². The van der Waals surface area contributed by atoms with Crippen molar-refractivity contribution in [1.82, 2.24) is 15.2 Å². The van der Waals surface area contributed by atoms with Crippen molar-refractivity contribution >= 4 is 23.3 Å². The number of nitrogen functional groups attached to an aromatic ring is 1. The number of aromatic nitrogens is 3. The van der Waals surface area contributed by atoms with E-state index in [1.54, 1.807) is 19.1 Å². The fourth-order valence-electron chi connectivity index (χ4n) is 1.36. The Balaban J connectivity index is 2.59. The van der Waals surface area contributed by atoms with Crippen LogP contribution in [-0.4, -0.2) is 26.3 Å². The quantitative estimate of drug-likeness (QED) is 0.857. The number of nitrogens with two attached hydrogens (primary N) is 1. The van der Waals surface area contributed by atoms with Crippen LogP contribution in [0.1, 0.15) is 16.2 Å². The van der Waals surface area contributed by atoms with Gasteiger partial charge in [-0.2, -0.15) is 5.10 Å². The molecule has 0 saturated heterocycles. The molecule has 0 saturated carbocycles. The summed E-state index contributed by atoms with van der Waals surface area (Å²) >= 11 is 5.77. The molecule has 0 spiro atoms. The third kappa shape index (κ3) is 2.23. The highest BCUT2D eigenvalue weighted by molar-refractivity contribution is 6.35. The topological polar surface area (TPSA) is 102 Å². The van der Waals surface area contributed by atoms with Crippen LogP contribution in [0, 0.1) is 6.92 Å². The predicted molar refractivity (Wildman–Crippen MR) is 66.4 cm³/mol. The smallest absolute Gasteiger partial charge is 0.356 e. The first-order valence-electron chi connectivity index (χ1n) is 4.99. The molecule has 0 aliphatic heterocycles. The van der Waals surface area contributed by atoms with Gasteiger partial charge in [0.25, 0.3) is 0 Å². The summed E-state index contributed by atoms with van der Waals surface area (Å²) in [6.07, 6.45) is 0. The second kappa shape index (κ2) is 4.58. The molecular formula is C11H9ClN4O2. The normalized spacial score (nSPS) is 10.3. The van der Waals surface area contributed by atoms with E-state index in [0.717, 1.165) is 5.69 Å². The number of aromatic carboxylic acids is 1. The van der Waals surface area contributed by atoms with Crippen LogP contribution < -0.4 is 5.73 Å². The van der Waals surface area contributed by atoms with Gasteiger partial charge in [0, 0.05) is 0 Å². The fraction of sp³-hybridized carbons (Fsp3) is 0.0909. The largest absolute Gasteiger partial charge is 0.476 e. The van der Waals surface area contributed by atoms with E-state index < -0.39 is 5.97 Å². The van der Waals surface area contributed by atoms with Crippen molar-refractivity contribution < 1.29 is 9.90 Å². The third-order valence-electron chi connectivity index (χ3n) is 2.25. The molecule has 0 unspecified atom stereocenters. The van der Waals surface area contributed by atoms with Gasteiger partial charge in [0.05, 0.1) is 22.1 Å². The van der Waals surface area contributed by atoms with Gasteiger partial charge in [-0.15, -0.1) is 5.10 Å². The van der Waals surface area contributed by atoms with Gasteiger partial charge in [-0.05, 0) is 25.1 Å². The Hall–Kier alpha value is -2.21. The minimum atomic E-state index is -1.24. The molecule has 2 aromatic heterocycles.